The van der Waals surface area contributed by atoms with E-state index in [1.54, 1.807) is 0 Å². The van der Waals surface area contributed by atoms with Gasteiger partial charge in [0, 0.05) is 29.3 Å². The van der Waals surface area contributed by atoms with Gasteiger partial charge in [-0.25, -0.2) is 0 Å². The Balaban J connectivity index is 2.26. The third-order valence-electron chi connectivity index (χ3n) is 3.81. The van der Waals surface area contributed by atoms with Gasteiger partial charge in [-0.3, -0.25) is 0 Å². The normalized spacial score (nSPS) is 24.8. The molecule has 1 aromatic rings. The monoisotopic (exact) mass is 340 g/mol. The highest BCUT2D eigenvalue weighted by atomic mass is 79.9. The van der Waals surface area contributed by atoms with Gasteiger partial charge in [0.1, 0.15) is 0 Å². The standard InChI is InChI=1S/C16H25BrN2O/c1-4-15(18)7-13-5-6-14(17)8-16(13)19-9-11(2)20-12(3)10-19/h5-6,8,11-12,15H,4,7,9-10,18H2,1-3H3/t11-,12+,15?. The van der Waals surface area contributed by atoms with Crippen molar-refractivity contribution in [3.8, 4) is 0 Å². The lowest BCUT2D eigenvalue weighted by Gasteiger charge is -2.38. The minimum atomic E-state index is 0.228. The van der Waals surface area contributed by atoms with Crippen LogP contribution in [0.1, 0.15) is 32.8 Å². The topological polar surface area (TPSA) is 38.5 Å². The van der Waals surface area contributed by atoms with Gasteiger partial charge in [0.05, 0.1) is 12.2 Å². The Morgan fingerprint density at radius 1 is 1.35 bits per heavy atom. The van der Waals surface area contributed by atoms with Crippen molar-refractivity contribution >= 4 is 21.6 Å². The smallest absolute Gasteiger partial charge is 0.0726 e. The Hall–Kier alpha value is -0.580. The fourth-order valence-corrected chi connectivity index (χ4v) is 3.15. The summed E-state index contributed by atoms with van der Waals surface area (Å²) in [5.74, 6) is 0. The first-order valence-corrected chi connectivity index (χ1v) is 8.23. The summed E-state index contributed by atoms with van der Waals surface area (Å²) in [5.41, 5.74) is 8.77. The average molecular weight is 341 g/mol. The number of halogens is 1. The van der Waals surface area contributed by atoms with Crippen LogP contribution in [0.25, 0.3) is 0 Å². The molecule has 1 fully saturated rings. The van der Waals surface area contributed by atoms with Gasteiger partial charge in [-0.05, 0) is 44.4 Å². The third-order valence-corrected chi connectivity index (χ3v) is 4.31. The quantitative estimate of drug-likeness (QED) is 0.913. The zero-order chi connectivity index (χ0) is 14.7. The Labute approximate surface area is 130 Å². The minimum absolute atomic E-state index is 0.228. The van der Waals surface area contributed by atoms with Crippen LogP contribution in [0.3, 0.4) is 0 Å². The van der Waals surface area contributed by atoms with Crippen LogP contribution in [0.5, 0.6) is 0 Å². The second-order valence-corrected chi connectivity index (χ2v) is 6.72. The number of nitrogens with zero attached hydrogens (tertiary/aromatic N) is 1. The van der Waals surface area contributed by atoms with E-state index in [0.29, 0.717) is 0 Å². The molecule has 3 nitrogen and oxygen atoms in total. The van der Waals surface area contributed by atoms with E-state index in [4.69, 9.17) is 10.5 Å². The van der Waals surface area contributed by atoms with Crippen molar-refractivity contribution in [2.75, 3.05) is 18.0 Å². The lowest BCUT2D eigenvalue weighted by molar-refractivity contribution is -0.00526. The number of hydrogen-bond donors (Lipinski definition) is 1. The van der Waals surface area contributed by atoms with Crippen LogP contribution >= 0.6 is 15.9 Å². The first-order chi connectivity index (χ1) is 9.49. The molecule has 0 bridgehead atoms. The molecule has 2 rings (SSSR count). The van der Waals surface area contributed by atoms with E-state index in [-0.39, 0.29) is 18.2 Å². The summed E-state index contributed by atoms with van der Waals surface area (Å²) in [7, 11) is 0. The highest BCUT2D eigenvalue weighted by Gasteiger charge is 2.24. The van der Waals surface area contributed by atoms with Crippen molar-refractivity contribution < 1.29 is 4.74 Å². The van der Waals surface area contributed by atoms with Gasteiger partial charge < -0.3 is 15.4 Å². The van der Waals surface area contributed by atoms with Crippen LogP contribution in [0.15, 0.2) is 22.7 Å². The molecule has 0 aliphatic carbocycles. The van der Waals surface area contributed by atoms with Gasteiger partial charge in [-0.2, -0.15) is 0 Å². The molecule has 1 aliphatic heterocycles. The Kier molecular flexibility index (Phi) is 5.47. The molecule has 1 unspecified atom stereocenters. The molecule has 4 heteroatoms. The van der Waals surface area contributed by atoms with E-state index in [0.717, 1.165) is 30.4 Å². The van der Waals surface area contributed by atoms with E-state index < -0.39 is 0 Å². The van der Waals surface area contributed by atoms with Crippen molar-refractivity contribution in [1.29, 1.82) is 0 Å². The van der Waals surface area contributed by atoms with Crippen molar-refractivity contribution in [2.45, 2.75) is 51.9 Å². The maximum absolute atomic E-state index is 6.14. The van der Waals surface area contributed by atoms with E-state index >= 15 is 0 Å². The first-order valence-electron chi connectivity index (χ1n) is 7.44. The molecular weight excluding hydrogens is 316 g/mol. The fraction of sp³-hybridized carbons (Fsp3) is 0.625. The highest BCUT2D eigenvalue weighted by Crippen LogP contribution is 2.29. The van der Waals surface area contributed by atoms with Crippen molar-refractivity contribution in [2.24, 2.45) is 5.73 Å². The predicted octanol–water partition coefficient (Wildman–Crippen LogP) is 3.34. The van der Waals surface area contributed by atoms with Gasteiger partial charge in [-0.15, -0.1) is 0 Å². The predicted molar refractivity (Wildman–Crippen MR) is 88.3 cm³/mol. The maximum atomic E-state index is 6.14. The molecule has 0 radical (unpaired) electrons. The van der Waals surface area contributed by atoms with Crippen molar-refractivity contribution in [3.63, 3.8) is 0 Å². The number of nitrogens with two attached hydrogens (primary N) is 1. The molecule has 20 heavy (non-hydrogen) atoms. The molecule has 112 valence electrons. The van der Waals surface area contributed by atoms with Gasteiger partial charge >= 0.3 is 0 Å². The summed E-state index contributed by atoms with van der Waals surface area (Å²) < 4.78 is 6.95. The van der Waals surface area contributed by atoms with E-state index in [1.807, 2.05) is 0 Å². The summed E-state index contributed by atoms with van der Waals surface area (Å²) in [5, 5.41) is 0. The highest BCUT2D eigenvalue weighted by molar-refractivity contribution is 9.10. The largest absolute Gasteiger partial charge is 0.372 e. The lowest BCUT2D eigenvalue weighted by Crippen LogP contribution is -2.46. The summed E-state index contributed by atoms with van der Waals surface area (Å²) >= 11 is 3.59. The van der Waals surface area contributed by atoms with Crippen LogP contribution in [0.2, 0.25) is 0 Å². The second-order valence-electron chi connectivity index (χ2n) is 5.81. The van der Waals surface area contributed by atoms with Gasteiger partial charge in [0.2, 0.25) is 0 Å². The number of anilines is 1. The van der Waals surface area contributed by atoms with Crippen LogP contribution in [-0.4, -0.2) is 31.3 Å². The van der Waals surface area contributed by atoms with E-state index in [1.165, 1.54) is 11.3 Å². The molecule has 0 aromatic heterocycles. The number of benzene rings is 1. The van der Waals surface area contributed by atoms with Crippen LogP contribution in [-0.2, 0) is 11.2 Å². The average Bonchev–Trinajstić information content (AvgIpc) is 2.39. The SMILES string of the molecule is CCC(N)Cc1ccc(Br)cc1N1C[C@@H](C)O[C@@H](C)C1. The Morgan fingerprint density at radius 3 is 2.60 bits per heavy atom. The molecule has 0 spiro atoms. The molecule has 1 aliphatic rings. The second kappa shape index (κ2) is 6.92. The zero-order valence-electron chi connectivity index (χ0n) is 12.6. The molecular formula is C16H25BrN2O. The lowest BCUT2D eigenvalue weighted by atomic mass is 10.0. The summed E-state index contributed by atoms with van der Waals surface area (Å²) in [6.07, 6.45) is 2.47. The van der Waals surface area contributed by atoms with Crippen LogP contribution in [0, 0.1) is 0 Å². The summed E-state index contributed by atoms with van der Waals surface area (Å²) in [6.45, 7) is 8.29. The molecule has 1 aromatic carbocycles. The van der Waals surface area contributed by atoms with Gasteiger partial charge in [0.25, 0.3) is 0 Å². The molecule has 3 atom stereocenters. The van der Waals surface area contributed by atoms with Crippen molar-refractivity contribution in [1.82, 2.24) is 0 Å². The maximum Gasteiger partial charge on any atom is 0.0726 e. The van der Waals surface area contributed by atoms with Crippen molar-refractivity contribution in [3.05, 3.63) is 28.2 Å². The van der Waals surface area contributed by atoms with Gasteiger partial charge in [0.15, 0.2) is 0 Å². The number of morpholine rings is 1. The van der Waals surface area contributed by atoms with E-state index in [2.05, 4.69) is 59.8 Å². The van der Waals surface area contributed by atoms with Crippen LogP contribution in [0.4, 0.5) is 5.69 Å². The summed E-state index contributed by atoms with van der Waals surface area (Å²) in [4.78, 5) is 2.43. The third kappa shape index (κ3) is 3.96. The van der Waals surface area contributed by atoms with Crippen LogP contribution < -0.4 is 10.6 Å². The zero-order valence-corrected chi connectivity index (χ0v) is 14.2. The molecule has 1 heterocycles. The Bertz CT molecular complexity index is 442. The van der Waals surface area contributed by atoms with Gasteiger partial charge in [-0.1, -0.05) is 28.9 Å². The molecule has 2 N–H and O–H groups in total. The number of ether oxygens (including phenoxy) is 1. The molecule has 0 amide bonds. The fourth-order valence-electron chi connectivity index (χ4n) is 2.81. The number of rotatable bonds is 4. The minimum Gasteiger partial charge on any atom is -0.372 e. The first kappa shape index (κ1) is 15.8. The Morgan fingerprint density at radius 2 is 2.00 bits per heavy atom. The summed E-state index contributed by atoms with van der Waals surface area (Å²) in [6, 6.07) is 6.74. The number of hydrogen-bond acceptors (Lipinski definition) is 3. The molecule has 0 saturated carbocycles. The van der Waals surface area contributed by atoms with E-state index in [9.17, 15) is 0 Å². The molecule has 1 saturated heterocycles.